The van der Waals surface area contributed by atoms with E-state index in [1.165, 1.54) is 6.07 Å². The summed E-state index contributed by atoms with van der Waals surface area (Å²) >= 11 is 0. The van der Waals surface area contributed by atoms with Gasteiger partial charge in [-0.15, -0.1) is 0 Å². The lowest BCUT2D eigenvalue weighted by Gasteiger charge is -2.19. The first-order valence-corrected chi connectivity index (χ1v) is 6.72. The molecule has 0 unspecified atom stereocenters. The SMILES string of the molecule is CNc1ccc(C(F)(F)F)cc1C(=O)NCCC(C)(C)C. The van der Waals surface area contributed by atoms with Gasteiger partial charge in [-0.3, -0.25) is 4.79 Å². The minimum Gasteiger partial charge on any atom is -0.387 e. The molecule has 0 saturated carbocycles. The third-order valence-electron chi connectivity index (χ3n) is 3.02. The zero-order chi connectivity index (χ0) is 16.3. The minimum absolute atomic E-state index is 0.00114. The topological polar surface area (TPSA) is 41.1 Å². The molecule has 0 fully saturated rings. The number of rotatable bonds is 4. The Balaban J connectivity index is 2.91. The average Bonchev–Trinajstić information content (AvgIpc) is 2.35. The van der Waals surface area contributed by atoms with Gasteiger partial charge in [-0.05, 0) is 30.0 Å². The Kier molecular flexibility index (Phi) is 5.25. The second-order valence-electron chi connectivity index (χ2n) is 6.07. The van der Waals surface area contributed by atoms with Crippen molar-refractivity contribution < 1.29 is 18.0 Å². The smallest absolute Gasteiger partial charge is 0.387 e. The average molecular weight is 302 g/mol. The van der Waals surface area contributed by atoms with Gasteiger partial charge in [-0.25, -0.2) is 0 Å². The van der Waals surface area contributed by atoms with Crippen molar-refractivity contribution in [1.29, 1.82) is 0 Å². The lowest BCUT2D eigenvalue weighted by Crippen LogP contribution is -2.28. The van der Waals surface area contributed by atoms with E-state index in [4.69, 9.17) is 0 Å². The van der Waals surface area contributed by atoms with Gasteiger partial charge in [0.1, 0.15) is 0 Å². The molecule has 0 heterocycles. The van der Waals surface area contributed by atoms with Crippen LogP contribution in [0, 0.1) is 5.41 Å². The van der Waals surface area contributed by atoms with Gasteiger partial charge in [0.05, 0.1) is 11.1 Å². The highest BCUT2D eigenvalue weighted by Gasteiger charge is 2.31. The molecule has 1 aromatic rings. The normalized spacial score (nSPS) is 12.1. The summed E-state index contributed by atoms with van der Waals surface area (Å²) < 4.78 is 38.2. The maximum atomic E-state index is 12.7. The van der Waals surface area contributed by atoms with Gasteiger partial charge in [0.25, 0.3) is 5.91 Å². The van der Waals surface area contributed by atoms with E-state index in [0.29, 0.717) is 12.2 Å². The number of carbonyl (C=O) groups is 1. The molecule has 0 aliphatic rings. The van der Waals surface area contributed by atoms with Crippen molar-refractivity contribution in [1.82, 2.24) is 5.32 Å². The molecule has 0 saturated heterocycles. The molecule has 0 aliphatic carbocycles. The van der Waals surface area contributed by atoms with Crippen LogP contribution < -0.4 is 10.6 Å². The van der Waals surface area contributed by atoms with Crippen LogP contribution in [-0.4, -0.2) is 19.5 Å². The quantitative estimate of drug-likeness (QED) is 0.885. The predicted molar refractivity (Wildman–Crippen MR) is 77.4 cm³/mol. The van der Waals surface area contributed by atoms with Crippen LogP contribution in [-0.2, 0) is 6.18 Å². The van der Waals surface area contributed by atoms with Gasteiger partial charge < -0.3 is 10.6 Å². The standard InChI is InChI=1S/C15H21F3N2O/c1-14(2,3)7-8-20-13(21)11-9-10(15(16,17)18)5-6-12(11)19-4/h5-6,9,19H,7-8H2,1-4H3,(H,20,21). The van der Waals surface area contributed by atoms with E-state index >= 15 is 0 Å². The number of amides is 1. The van der Waals surface area contributed by atoms with Gasteiger partial charge in [0.15, 0.2) is 0 Å². The molecular weight excluding hydrogens is 281 g/mol. The van der Waals surface area contributed by atoms with Crippen molar-refractivity contribution in [3.8, 4) is 0 Å². The van der Waals surface area contributed by atoms with Crippen molar-refractivity contribution in [2.45, 2.75) is 33.4 Å². The Morgan fingerprint density at radius 2 is 1.81 bits per heavy atom. The second kappa shape index (κ2) is 6.37. The van der Waals surface area contributed by atoms with E-state index in [2.05, 4.69) is 10.6 Å². The molecule has 0 aliphatic heterocycles. The Morgan fingerprint density at radius 1 is 1.19 bits per heavy atom. The second-order valence-corrected chi connectivity index (χ2v) is 6.07. The summed E-state index contributed by atoms with van der Waals surface area (Å²) in [4.78, 5) is 12.1. The molecular formula is C15H21F3N2O. The Bertz CT molecular complexity index is 505. The molecule has 6 heteroatoms. The summed E-state index contributed by atoms with van der Waals surface area (Å²) in [5.74, 6) is -0.505. The van der Waals surface area contributed by atoms with E-state index in [9.17, 15) is 18.0 Å². The van der Waals surface area contributed by atoms with Crippen LogP contribution in [0.25, 0.3) is 0 Å². The predicted octanol–water partition coefficient (Wildman–Crippen LogP) is 3.91. The molecule has 0 radical (unpaired) electrons. The van der Waals surface area contributed by atoms with Gasteiger partial charge in [-0.2, -0.15) is 13.2 Å². The van der Waals surface area contributed by atoms with Crippen LogP contribution in [0.3, 0.4) is 0 Å². The highest BCUT2D eigenvalue weighted by molar-refractivity contribution is 5.99. The number of hydrogen-bond acceptors (Lipinski definition) is 2. The molecule has 118 valence electrons. The first-order chi connectivity index (χ1) is 9.54. The van der Waals surface area contributed by atoms with Crippen molar-refractivity contribution in [3.05, 3.63) is 29.3 Å². The van der Waals surface area contributed by atoms with Crippen molar-refractivity contribution in [2.24, 2.45) is 5.41 Å². The van der Waals surface area contributed by atoms with Crippen molar-refractivity contribution in [3.63, 3.8) is 0 Å². The largest absolute Gasteiger partial charge is 0.416 e. The van der Waals surface area contributed by atoms with E-state index < -0.39 is 17.6 Å². The number of nitrogens with one attached hydrogen (secondary N) is 2. The molecule has 2 N–H and O–H groups in total. The molecule has 1 rings (SSSR count). The number of halogens is 3. The highest BCUT2D eigenvalue weighted by Crippen LogP contribution is 2.31. The highest BCUT2D eigenvalue weighted by atomic mass is 19.4. The Labute approximate surface area is 122 Å². The zero-order valence-electron chi connectivity index (χ0n) is 12.7. The summed E-state index contributed by atoms with van der Waals surface area (Å²) in [6, 6.07) is 3.09. The van der Waals surface area contributed by atoms with Crippen LogP contribution in [0.2, 0.25) is 0 Å². The van der Waals surface area contributed by atoms with Crippen LogP contribution in [0.1, 0.15) is 43.1 Å². The molecule has 3 nitrogen and oxygen atoms in total. The fraction of sp³-hybridized carbons (Fsp3) is 0.533. The van der Waals surface area contributed by atoms with Gasteiger partial charge in [-0.1, -0.05) is 20.8 Å². The maximum absolute atomic E-state index is 12.7. The number of alkyl halides is 3. The Hall–Kier alpha value is -1.72. The van der Waals surface area contributed by atoms with E-state index in [1.54, 1.807) is 7.05 Å². The van der Waals surface area contributed by atoms with E-state index in [0.717, 1.165) is 18.6 Å². The minimum atomic E-state index is -4.47. The summed E-state index contributed by atoms with van der Waals surface area (Å²) in [7, 11) is 1.56. The molecule has 21 heavy (non-hydrogen) atoms. The summed E-state index contributed by atoms with van der Waals surface area (Å²) in [5.41, 5.74) is -0.410. The lowest BCUT2D eigenvalue weighted by molar-refractivity contribution is -0.137. The number of carbonyl (C=O) groups excluding carboxylic acids is 1. The third kappa shape index (κ3) is 5.28. The molecule has 0 bridgehead atoms. The summed E-state index contributed by atoms with van der Waals surface area (Å²) in [5, 5.41) is 5.40. The number of anilines is 1. The molecule has 0 spiro atoms. The van der Waals surface area contributed by atoms with Crippen LogP contribution in [0.5, 0.6) is 0 Å². The third-order valence-corrected chi connectivity index (χ3v) is 3.02. The first kappa shape index (κ1) is 17.3. The van der Waals surface area contributed by atoms with Crippen molar-refractivity contribution >= 4 is 11.6 Å². The molecule has 1 aromatic carbocycles. The number of benzene rings is 1. The van der Waals surface area contributed by atoms with Crippen molar-refractivity contribution in [2.75, 3.05) is 18.9 Å². The lowest BCUT2D eigenvalue weighted by atomic mass is 9.92. The zero-order valence-corrected chi connectivity index (χ0v) is 12.7. The fourth-order valence-corrected chi connectivity index (χ4v) is 1.77. The van der Waals surface area contributed by atoms with Crippen LogP contribution >= 0.6 is 0 Å². The van der Waals surface area contributed by atoms with E-state index in [-0.39, 0.29) is 11.0 Å². The van der Waals surface area contributed by atoms with Crippen LogP contribution in [0.4, 0.5) is 18.9 Å². The van der Waals surface area contributed by atoms with E-state index in [1.807, 2.05) is 20.8 Å². The van der Waals surface area contributed by atoms with Gasteiger partial charge >= 0.3 is 6.18 Å². The van der Waals surface area contributed by atoms with Crippen LogP contribution in [0.15, 0.2) is 18.2 Å². The number of hydrogen-bond donors (Lipinski definition) is 2. The summed E-state index contributed by atoms with van der Waals surface area (Å²) in [6.07, 6.45) is -3.72. The maximum Gasteiger partial charge on any atom is 0.416 e. The molecule has 0 aromatic heterocycles. The summed E-state index contributed by atoms with van der Waals surface area (Å²) in [6.45, 7) is 6.51. The molecule has 0 atom stereocenters. The van der Waals surface area contributed by atoms with Gasteiger partial charge in [0.2, 0.25) is 0 Å². The monoisotopic (exact) mass is 302 g/mol. The fourth-order valence-electron chi connectivity index (χ4n) is 1.77. The first-order valence-electron chi connectivity index (χ1n) is 6.72. The van der Waals surface area contributed by atoms with Gasteiger partial charge in [0, 0.05) is 19.3 Å². The molecule has 1 amide bonds. The Morgan fingerprint density at radius 3 is 2.29 bits per heavy atom.